The molecule has 1 saturated carbocycles. The Morgan fingerprint density at radius 3 is 2.78 bits per heavy atom. The highest BCUT2D eigenvalue weighted by Gasteiger charge is 2.38. The van der Waals surface area contributed by atoms with E-state index in [4.69, 9.17) is 9.47 Å². The predicted octanol–water partition coefficient (Wildman–Crippen LogP) is 2.73. The van der Waals surface area contributed by atoms with Gasteiger partial charge in [0.1, 0.15) is 0 Å². The molecular formula is C25H28N8O4. The lowest BCUT2D eigenvalue weighted by atomic mass is 9.81. The highest BCUT2D eigenvalue weighted by atomic mass is 16.5. The normalized spacial score (nSPS) is 16.8. The number of methoxy groups -OCH3 is 2. The number of carbonyl (C=O) groups is 2. The van der Waals surface area contributed by atoms with E-state index in [2.05, 4.69) is 31.1 Å². The molecule has 0 spiro atoms. The number of benzene rings is 1. The van der Waals surface area contributed by atoms with Gasteiger partial charge in [-0.3, -0.25) is 9.59 Å². The van der Waals surface area contributed by atoms with Crippen LogP contribution in [0.3, 0.4) is 0 Å². The summed E-state index contributed by atoms with van der Waals surface area (Å²) in [5, 5.41) is 23.4. The zero-order valence-electron chi connectivity index (χ0n) is 20.8. The van der Waals surface area contributed by atoms with E-state index < -0.39 is 0 Å². The molecule has 4 aromatic rings. The molecule has 37 heavy (non-hydrogen) atoms. The summed E-state index contributed by atoms with van der Waals surface area (Å²) in [6.45, 7) is 3.14. The summed E-state index contributed by atoms with van der Waals surface area (Å²) in [6.07, 6.45) is 4.61. The van der Waals surface area contributed by atoms with Crippen LogP contribution in [0.25, 0.3) is 16.9 Å². The molecule has 0 bridgehead atoms. The monoisotopic (exact) mass is 504 g/mol. The fourth-order valence-corrected chi connectivity index (χ4v) is 4.28. The molecule has 1 aliphatic rings. The number of tetrazole rings is 1. The van der Waals surface area contributed by atoms with Crippen LogP contribution < -0.4 is 10.6 Å². The third kappa shape index (κ3) is 5.00. The quantitative estimate of drug-likeness (QED) is 0.260. The maximum atomic E-state index is 13.2. The average Bonchev–Trinajstić information content (AvgIpc) is 3.52. The van der Waals surface area contributed by atoms with Gasteiger partial charge in [-0.15, -0.1) is 10.2 Å². The molecule has 0 radical (unpaired) electrons. The van der Waals surface area contributed by atoms with Crippen molar-refractivity contribution >= 4 is 28.8 Å². The van der Waals surface area contributed by atoms with Crippen LogP contribution in [0.4, 0.5) is 11.4 Å². The van der Waals surface area contributed by atoms with Crippen molar-refractivity contribution in [1.82, 2.24) is 29.8 Å². The number of anilines is 2. The van der Waals surface area contributed by atoms with Gasteiger partial charge < -0.3 is 20.1 Å². The first-order chi connectivity index (χ1) is 18.0. The number of esters is 1. The number of rotatable bonds is 9. The predicted molar refractivity (Wildman–Crippen MR) is 135 cm³/mol. The first-order valence-corrected chi connectivity index (χ1v) is 12.0. The minimum atomic E-state index is -0.274. The molecule has 12 nitrogen and oxygen atoms in total. The molecule has 0 saturated heterocycles. The van der Waals surface area contributed by atoms with Gasteiger partial charge in [-0.25, -0.2) is 4.52 Å². The fraction of sp³-hybridized carbons (Fsp3) is 0.360. The van der Waals surface area contributed by atoms with E-state index >= 15 is 0 Å². The first kappa shape index (κ1) is 24.4. The number of hydrogen-bond donors (Lipinski definition) is 2. The van der Waals surface area contributed by atoms with Crippen LogP contribution in [0, 0.1) is 12.8 Å². The lowest BCUT2D eigenvalue weighted by molar-refractivity contribution is -0.150. The number of nitrogens with one attached hydrogen (secondary N) is 2. The second-order valence-corrected chi connectivity index (χ2v) is 8.99. The van der Waals surface area contributed by atoms with Crippen molar-refractivity contribution in [1.29, 1.82) is 0 Å². The number of ether oxygens (including phenoxy) is 2. The van der Waals surface area contributed by atoms with Crippen LogP contribution in [0.15, 0.2) is 42.7 Å². The van der Waals surface area contributed by atoms with Crippen molar-refractivity contribution in [3.05, 3.63) is 53.9 Å². The van der Waals surface area contributed by atoms with Crippen molar-refractivity contribution in [2.75, 3.05) is 38.0 Å². The number of carbonyl (C=O) groups excluding carboxylic acids is 2. The number of nitrogens with zero attached hydrogens (tertiary/aromatic N) is 6. The maximum Gasteiger partial charge on any atom is 0.308 e. The number of hydrogen-bond acceptors (Lipinski definition) is 9. The zero-order valence-corrected chi connectivity index (χ0v) is 20.8. The average molecular weight is 505 g/mol. The Balaban J connectivity index is 1.31. The second-order valence-electron chi connectivity index (χ2n) is 8.99. The van der Waals surface area contributed by atoms with Gasteiger partial charge in [-0.1, -0.05) is 12.1 Å². The van der Waals surface area contributed by atoms with Gasteiger partial charge in [-0.2, -0.15) is 9.90 Å². The Morgan fingerprint density at radius 1 is 1.16 bits per heavy atom. The van der Waals surface area contributed by atoms with Crippen LogP contribution >= 0.6 is 0 Å². The SMILES string of the molecule is COCCNc1ccn2ncc(C(=O)Nc3cc(-c4nnn(C5CC(C(=O)OC)C5)n4)ccc3C)c2c1. The first-order valence-electron chi connectivity index (χ1n) is 12.0. The number of pyridine rings is 1. The minimum absolute atomic E-state index is 0.0134. The zero-order chi connectivity index (χ0) is 25.9. The molecule has 5 rings (SSSR count). The number of amides is 1. The lowest BCUT2D eigenvalue weighted by Gasteiger charge is -2.31. The molecule has 1 aliphatic carbocycles. The van der Waals surface area contributed by atoms with Crippen molar-refractivity contribution in [3.8, 4) is 11.4 Å². The van der Waals surface area contributed by atoms with Gasteiger partial charge in [0.05, 0.1) is 43.0 Å². The molecule has 12 heteroatoms. The number of aryl methyl sites for hydroxylation is 1. The number of fused-ring (bicyclic) bond motifs is 1. The van der Waals surface area contributed by atoms with E-state index in [-0.39, 0.29) is 23.8 Å². The van der Waals surface area contributed by atoms with Gasteiger partial charge in [0.2, 0.25) is 5.82 Å². The summed E-state index contributed by atoms with van der Waals surface area (Å²) < 4.78 is 11.5. The summed E-state index contributed by atoms with van der Waals surface area (Å²) >= 11 is 0. The summed E-state index contributed by atoms with van der Waals surface area (Å²) in [7, 11) is 3.04. The Kier molecular flexibility index (Phi) is 6.82. The molecule has 0 atom stereocenters. The smallest absolute Gasteiger partial charge is 0.308 e. The van der Waals surface area contributed by atoms with Gasteiger partial charge in [0.25, 0.3) is 5.91 Å². The molecule has 1 amide bonds. The van der Waals surface area contributed by atoms with Crippen molar-refractivity contribution in [2.45, 2.75) is 25.8 Å². The van der Waals surface area contributed by atoms with Crippen molar-refractivity contribution in [2.24, 2.45) is 5.92 Å². The molecule has 0 unspecified atom stereocenters. The van der Waals surface area contributed by atoms with Gasteiger partial charge in [0.15, 0.2) is 0 Å². The lowest BCUT2D eigenvalue weighted by Crippen LogP contribution is -2.34. The van der Waals surface area contributed by atoms with Crippen LogP contribution in [0.1, 0.15) is 34.8 Å². The van der Waals surface area contributed by atoms with Crippen LogP contribution in [-0.2, 0) is 14.3 Å². The van der Waals surface area contributed by atoms with E-state index in [1.54, 1.807) is 28.8 Å². The van der Waals surface area contributed by atoms with Gasteiger partial charge >= 0.3 is 5.97 Å². The molecule has 3 aromatic heterocycles. The van der Waals surface area contributed by atoms with E-state index in [0.717, 1.165) is 16.8 Å². The molecule has 2 N–H and O–H groups in total. The Labute approximate surface area is 212 Å². The van der Waals surface area contributed by atoms with Crippen LogP contribution in [-0.4, -0.2) is 69.1 Å². The molecular weight excluding hydrogens is 476 g/mol. The third-order valence-electron chi connectivity index (χ3n) is 6.55. The van der Waals surface area contributed by atoms with E-state index in [1.807, 2.05) is 37.3 Å². The topological polar surface area (TPSA) is 138 Å². The Hall–Kier alpha value is -4.32. The number of aromatic nitrogens is 6. The van der Waals surface area contributed by atoms with E-state index in [0.29, 0.717) is 48.6 Å². The molecule has 192 valence electrons. The standard InChI is InChI=1S/C25H28N8O4/c1-15-4-5-16(23-29-31-33(30-23)19-10-17(11-19)25(35)37-3)12-21(15)28-24(34)20-14-27-32-8-6-18(13-22(20)32)26-7-9-36-2/h4-6,8,12-14,17,19,26H,7,9-11H2,1-3H3,(H,28,34). The Bertz CT molecular complexity index is 1440. The van der Waals surface area contributed by atoms with Crippen LogP contribution in [0.5, 0.6) is 0 Å². The molecule has 3 heterocycles. The molecule has 0 aliphatic heterocycles. The second kappa shape index (κ2) is 10.3. The van der Waals surface area contributed by atoms with Crippen molar-refractivity contribution in [3.63, 3.8) is 0 Å². The van der Waals surface area contributed by atoms with Crippen molar-refractivity contribution < 1.29 is 19.1 Å². The Morgan fingerprint density at radius 2 is 2.00 bits per heavy atom. The molecule has 1 aromatic carbocycles. The summed E-state index contributed by atoms with van der Waals surface area (Å²) in [6, 6.07) is 9.40. The highest BCUT2D eigenvalue weighted by Crippen LogP contribution is 2.37. The summed E-state index contributed by atoms with van der Waals surface area (Å²) in [4.78, 5) is 26.4. The third-order valence-corrected chi connectivity index (χ3v) is 6.55. The largest absolute Gasteiger partial charge is 0.469 e. The summed E-state index contributed by atoms with van der Waals surface area (Å²) in [5.74, 6) is -0.160. The van der Waals surface area contributed by atoms with Gasteiger partial charge in [0, 0.05) is 36.8 Å². The van der Waals surface area contributed by atoms with Gasteiger partial charge in [-0.05, 0) is 48.7 Å². The minimum Gasteiger partial charge on any atom is -0.469 e. The van der Waals surface area contributed by atoms with E-state index in [9.17, 15) is 9.59 Å². The highest BCUT2D eigenvalue weighted by molar-refractivity contribution is 6.09. The maximum absolute atomic E-state index is 13.2. The fourth-order valence-electron chi connectivity index (χ4n) is 4.28. The summed E-state index contributed by atoms with van der Waals surface area (Å²) in [5.41, 5.74) is 4.26. The van der Waals surface area contributed by atoms with Crippen LogP contribution in [0.2, 0.25) is 0 Å². The molecule has 1 fully saturated rings. The van der Waals surface area contributed by atoms with E-state index in [1.165, 1.54) is 7.11 Å².